The number of pyridine rings is 1. The minimum absolute atomic E-state index is 0.00223. The average Bonchev–Trinajstić information content (AvgIpc) is 3.35. The van der Waals surface area contributed by atoms with Crippen LogP contribution in [0, 0.1) is 6.92 Å². The molecule has 3 aromatic rings. The summed E-state index contributed by atoms with van der Waals surface area (Å²) < 4.78 is 17.2. The van der Waals surface area contributed by atoms with Crippen LogP contribution in [0.2, 0.25) is 0 Å². The van der Waals surface area contributed by atoms with Crippen molar-refractivity contribution in [1.82, 2.24) is 30.3 Å². The van der Waals surface area contributed by atoms with Crippen molar-refractivity contribution in [3.05, 3.63) is 41.6 Å². The van der Waals surface area contributed by atoms with E-state index in [0.717, 1.165) is 65.2 Å². The van der Waals surface area contributed by atoms with E-state index in [1.54, 1.807) is 7.11 Å². The Morgan fingerprint density at radius 2 is 1.93 bits per heavy atom. The maximum atomic E-state index is 13.2. The number of carbonyl (C=O) groups is 1. The van der Waals surface area contributed by atoms with Gasteiger partial charge in [0.05, 0.1) is 29.1 Å². The molecule has 2 amide bonds. The van der Waals surface area contributed by atoms with Crippen LogP contribution < -0.4 is 10.1 Å². The summed E-state index contributed by atoms with van der Waals surface area (Å²) in [7, 11) is 1.61. The standard InChI is InChI=1S/C32H46N6O4/c1-8-33-30(39)38-19-31(3,4)37(18-32(38,5)6)28(26-11-9-10-16-41-26)24-17-25(34-29-27(24)21(2)35-36-29)22-12-14-23(15-13-22)42-20-40-7/h12-15,17,26,28H,8-11,16,18-20H2,1-7H3,(H,33,39)(H,34,35,36). The Balaban J connectivity index is 1.62. The van der Waals surface area contributed by atoms with Gasteiger partial charge >= 0.3 is 6.03 Å². The number of nitrogens with one attached hydrogen (secondary N) is 2. The number of rotatable bonds is 8. The number of nitrogens with zero attached hydrogens (tertiary/aromatic N) is 4. The quantitative estimate of drug-likeness (QED) is 0.344. The van der Waals surface area contributed by atoms with Crippen LogP contribution in [0.3, 0.4) is 0 Å². The third kappa shape index (κ3) is 5.98. The fourth-order valence-corrected chi connectivity index (χ4v) is 6.51. The summed E-state index contributed by atoms with van der Waals surface area (Å²) >= 11 is 0. The first-order valence-corrected chi connectivity index (χ1v) is 15.1. The van der Waals surface area contributed by atoms with Crippen molar-refractivity contribution in [1.29, 1.82) is 0 Å². The van der Waals surface area contributed by atoms with Crippen LogP contribution in [0.25, 0.3) is 22.3 Å². The van der Waals surface area contributed by atoms with Gasteiger partial charge in [-0.25, -0.2) is 9.78 Å². The molecule has 0 aliphatic carbocycles. The minimum atomic E-state index is -0.389. The number of piperazine rings is 1. The first-order chi connectivity index (χ1) is 20.1. The molecule has 10 heteroatoms. The van der Waals surface area contributed by atoms with Gasteiger partial charge in [0.25, 0.3) is 0 Å². The topological polar surface area (TPSA) is 105 Å². The summed E-state index contributed by atoms with van der Waals surface area (Å²) in [4.78, 5) is 22.7. The van der Waals surface area contributed by atoms with Crippen molar-refractivity contribution in [2.24, 2.45) is 0 Å². The minimum Gasteiger partial charge on any atom is -0.468 e. The van der Waals surface area contributed by atoms with E-state index in [4.69, 9.17) is 19.2 Å². The first-order valence-electron chi connectivity index (χ1n) is 15.1. The first kappa shape index (κ1) is 30.3. The van der Waals surface area contributed by atoms with Gasteiger partial charge in [-0.2, -0.15) is 5.10 Å². The molecule has 2 unspecified atom stereocenters. The van der Waals surface area contributed by atoms with E-state index in [-0.39, 0.29) is 36.0 Å². The molecular weight excluding hydrogens is 532 g/mol. The second kappa shape index (κ2) is 12.2. The third-order valence-corrected chi connectivity index (χ3v) is 8.64. The zero-order valence-corrected chi connectivity index (χ0v) is 26.1. The normalized spacial score (nSPS) is 21.3. The molecule has 1 aromatic carbocycles. The van der Waals surface area contributed by atoms with Gasteiger partial charge in [0.15, 0.2) is 12.4 Å². The Kier molecular flexibility index (Phi) is 8.78. The second-order valence-electron chi connectivity index (χ2n) is 12.7. The number of methoxy groups -OCH3 is 1. The molecule has 5 rings (SSSR count). The lowest BCUT2D eigenvalue weighted by Gasteiger charge is -2.58. The molecule has 0 radical (unpaired) electrons. The Bertz CT molecular complexity index is 1380. The van der Waals surface area contributed by atoms with E-state index in [0.29, 0.717) is 19.6 Å². The molecule has 2 aliphatic heterocycles. The maximum Gasteiger partial charge on any atom is 0.317 e. The molecule has 0 spiro atoms. The molecule has 4 heterocycles. The van der Waals surface area contributed by atoms with Gasteiger partial charge in [0, 0.05) is 49.8 Å². The number of carbonyl (C=O) groups excluding carboxylic acids is 1. The highest BCUT2D eigenvalue weighted by molar-refractivity contribution is 5.85. The van der Waals surface area contributed by atoms with Crippen LogP contribution in [-0.4, -0.2) is 88.3 Å². The summed E-state index contributed by atoms with van der Waals surface area (Å²) in [6.07, 6.45) is 3.17. The van der Waals surface area contributed by atoms with E-state index in [9.17, 15) is 4.79 Å². The van der Waals surface area contributed by atoms with Crippen LogP contribution in [0.1, 0.15) is 71.2 Å². The largest absolute Gasteiger partial charge is 0.468 e. The van der Waals surface area contributed by atoms with Gasteiger partial charge in [-0.3, -0.25) is 10.00 Å². The van der Waals surface area contributed by atoms with E-state index in [2.05, 4.69) is 54.2 Å². The summed E-state index contributed by atoms with van der Waals surface area (Å²) in [5.74, 6) is 0.738. The lowest BCUT2D eigenvalue weighted by Crippen LogP contribution is -2.71. The molecule has 42 heavy (non-hydrogen) atoms. The number of hydrogen-bond acceptors (Lipinski definition) is 7. The zero-order chi connectivity index (χ0) is 30.1. The van der Waals surface area contributed by atoms with Crippen molar-refractivity contribution in [3.63, 3.8) is 0 Å². The number of fused-ring (bicyclic) bond motifs is 1. The number of aromatic nitrogens is 3. The monoisotopic (exact) mass is 578 g/mol. The highest BCUT2D eigenvalue weighted by Crippen LogP contribution is 2.44. The van der Waals surface area contributed by atoms with Crippen LogP contribution in [0.4, 0.5) is 4.79 Å². The molecular formula is C32H46N6O4. The maximum absolute atomic E-state index is 13.2. The Morgan fingerprint density at radius 1 is 1.17 bits per heavy atom. The van der Waals surface area contributed by atoms with E-state index >= 15 is 0 Å². The van der Waals surface area contributed by atoms with Gasteiger partial charge < -0.3 is 24.4 Å². The molecule has 228 valence electrons. The van der Waals surface area contributed by atoms with Crippen molar-refractivity contribution >= 4 is 17.1 Å². The smallest absolute Gasteiger partial charge is 0.317 e. The summed E-state index contributed by atoms with van der Waals surface area (Å²) in [5, 5.41) is 11.8. The molecule has 2 atom stereocenters. The Labute approximate surface area is 249 Å². The van der Waals surface area contributed by atoms with Gasteiger partial charge in [0.2, 0.25) is 0 Å². The number of amides is 2. The summed E-state index contributed by atoms with van der Waals surface area (Å²) in [5.41, 5.74) is 3.97. The summed E-state index contributed by atoms with van der Waals surface area (Å²) in [6.45, 7) is 15.6. The van der Waals surface area contributed by atoms with Gasteiger partial charge in [-0.15, -0.1) is 0 Å². The predicted octanol–water partition coefficient (Wildman–Crippen LogP) is 5.43. The lowest BCUT2D eigenvalue weighted by molar-refractivity contribution is -0.111. The molecule has 2 N–H and O–H groups in total. The highest BCUT2D eigenvalue weighted by atomic mass is 16.7. The molecule has 0 saturated carbocycles. The van der Waals surface area contributed by atoms with Crippen LogP contribution in [-0.2, 0) is 9.47 Å². The number of hydrogen-bond donors (Lipinski definition) is 2. The molecule has 2 saturated heterocycles. The van der Waals surface area contributed by atoms with E-state index in [1.807, 2.05) is 43.0 Å². The average molecular weight is 579 g/mol. The highest BCUT2D eigenvalue weighted by Gasteiger charge is 2.50. The number of H-pyrrole nitrogens is 1. The molecule has 2 aliphatic rings. The predicted molar refractivity (Wildman–Crippen MR) is 164 cm³/mol. The second-order valence-corrected chi connectivity index (χ2v) is 12.7. The fourth-order valence-electron chi connectivity index (χ4n) is 6.51. The Morgan fingerprint density at radius 3 is 2.60 bits per heavy atom. The lowest BCUT2D eigenvalue weighted by atomic mass is 9.82. The van der Waals surface area contributed by atoms with Crippen molar-refractivity contribution in [2.75, 3.05) is 40.1 Å². The SMILES string of the molecule is CCNC(=O)N1CC(C)(C)N(C(c2cc(-c3ccc(OCOC)cc3)nc3[nH]nc(C)c23)C2CCCCO2)CC1(C)C. The van der Waals surface area contributed by atoms with E-state index < -0.39 is 0 Å². The van der Waals surface area contributed by atoms with Gasteiger partial charge in [0.1, 0.15) is 5.75 Å². The zero-order valence-electron chi connectivity index (χ0n) is 26.1. The molecule has 2 fully saturated rings. The molecule has 0 bridgehead atoms. The van der Waals surface area contributed by atoms with Gasteiger partial charge in [-0.1, -0.05) is 0 Å². The van der Waals surface area contributed by atoms with Gasteiger partial charge in [-0.05, 0) is 96.7 Å². The number of aryl methyl sites for hydroxylation is 1. The molecule has 2 aromatic heterocycles. The number of aromatic amines is 1. The molecule has 10 nitrogen and oxygen atoms in total. The fraction of sp³-hybridized carbons (Fsp3) is 0.594. The van der Waals surface area contributed by atoms with Crippen molar-refractivity contribution in [2.45, 2.75) is 84.0 Å². The Hall–Kier alpha value is -3.21. The van der Waals surface area contributed by atoms with Crippen molar-refractivity contribution in [3.8, 4) is 17.0 Å². The number of benzene rings is 1. The van der Waals surface area contributed by atoms with E-state index in [1.165, 1.54) is 0 Å². The third-order valence-electron chi connectivity index (χ3n) is 8.64. The summed E-state index contributed by atoms with van der Waals surface area (Å²) in [6, 6.07) is 10.1. The number of urea groups is 1. The van der Waals surface area contributed by atoms with Crippen LogP contribution in [0.15, 0.2) is 30.3 Å². The van der Waals surface area contributed by atoms with Crippen LogP contribution in [0.5, 0.6) is 5.75 Å². The van der Waals surface area contributed by atoms with Crippen molar-refractivity contribution < 1.29 is 19.0 Å². The number of ether oxygens (including phenoxy) is 3. The van der Waals surface area contributed by atoms with Crippen LogP contribution >= 0.6 is 0 Å².